The number of likely N-dealkylation sites (tertiary alicyclic amines) is 1. The number of hydrogen-bond acceptors (Lipinski definition) is 4. The minimum absolute atomic E-state index is 0.0795. The third kappa shape index (κ3) is 4.12. The quantitative estimate of drug-likeness (QED) is 0.802. The Morgan fingerprint density at radius 1 is 1.29 bits per heavy atom. The highest BCUT2D eigenvalue weighted by atomic mass is 32.2. The van der Waals surface area contributed by atoms with Gasteiger partial charge in [-0.3, -0.25) is 4.79 Å². The number of aliphatic carboxylic acids is 1. The van der Waals surface area contributed by atoms with Crippen LogP contribution in [-0.2, 0) is 14.8 Å². The molecule has 0 spiro atoms. The second kappa shape index (κ2) is 7.31. The van der Waals surface area contributed by atoms with Gasteiger partial charge in [-0.25, -0.2) is 17.9 Å². The van der Waals surface area contributed by atoms with Crippen molar-refractivity contribution in [2.24, 2.45) is 5.92 Å². The number of carboxylic acids is 1. The van der Waals surface area contributed by atoms with Gasteiger partial charge in [0.15, 0.2) is 0 Å². The molecule has 1 atom stereocenters. The van der Waals surface area contributed by atoms with Crippen molar-refractivity contribution < 1.29 is 23.1 Å². The molecule has 1 saturated heterocycles. The summed E-state index contributed by atoms with van der Waals surface area (Å²) in [4.78, 5) is 25.0. The summed E-state index contributed by atoms with van der Waals surface area (Å²) in [5, 5.41) is 9.15. The van der Waals surface area contributed by atoms with Crippen molar-refractivity contribution in [3.05, 3.63) is 29.8 Å². The van der Waals surface area contributed by atoms with Gasteiger partial charge in [0.2, 0.25) is 10.0 Å². The maximum atomic E-state index is 12.4. The molecule has 1 aromatic rings. The summed E-state index contributed by atoms with van der Waals surface area (Å²) < 4.78 is 26.8. The second-order valence-electron chi connectivity index (χ2n) is 6.26. The van der Waals surface area contributed by atoms with Gasteiger partial charge in [-0.2, -0.15) is 0 Å². The van der Waals surface area contributed by atoms with Crippen LogP contribution in [0.15, 0.2) is 29.2 Å². The van der Waals surface area contributed by atoms with E-state index in [-0.39, 0.29) is 22.3 Å². The number of benzene rings is 1. The monoisotopic (exact) mass is 354 g/mol. The average molecular weight is 354 g/mol. The smallest absolute Gasteiger partial charge is 0.326 e. The molecule has 132 valence electrons. The van der Waals surface area contributed by atoms with Gasteiger partial charge in [-0.1, -0.05) is 13.8 Å². The molecule has 0 bridgehead atoms. The summed E-state index contributed by atoms with van der Waals surface area (Å²) in [6, 6.07) is 4.75. The van der Waals surface area contributed by atoms with Crippen molar-refractivity contribution in [2.45, 2.75) is 37.6 Å². The van der Waals surface area contributed by atoms with Crippen molar-refractivity contribution in [1.82, 2.24) is 9.62 Å². The Morgan fingerprint density at radius 2 is 1.92 bits per heavy atom. The van der Waals surface area contributed by atoms with E-state index in [0.717, 1.165) is 0 Å². The molecule has 0 unspecified atom stereocenters. The van der Waals surface area contributed by atoms with Crippen molar-refractivity contribution in [2.75, 3.05) is 13.1 Å². The first-order valence-corrected chi connectivity index (χ1v) is 9.34. The van der Waals surface area contributed by atoms with Crippen molar-refractivity contribution in [3.8, 4) is 0 Å². The number of carbonyl (C=O) groups is 2. The topological polar surface area (TPSA) is 104 Å². The Morgan fingerprint density at radius 3 is 2.46 bits per heavy atom. The number of carbonyl (C=O) groups excluding carboxylic acids is 1. The van der Waals surface area contributed by atoms with E-state index < -0.39 is 22.0 Å². The molecule has 1 aliphatic rings. The van der Waals surface area contributed by atoms with E-state index in [2.05, 4.69) is 4.72 Å². The standard InChI is InChI=1S/C16H22N2O5S/c1-11(2)10-17-24(22,23)13-7-5-12(6-8-13)15(19)18-9-3-4-14(18)16(20)21/h5-8,11,14,17H,3-4,9-10H2,1-2H3,(H,20,21)/t14-/m1/s1. The van der Waals surface area contributed by atoms with Gasteiger partial charge >= 0.3 is 5.97 Å². The summed E-state index contributed by atoms with van der Waals surface area (Å²) >= 11 is 0. The molecule has 1 fully saturated rings. The van der Waals surface area contributed by atoms with Crippen LogP contribution in [0.25, 0.3) is 0 Å². The molecule has 1 amide bonds. The number of nitrogens with one attached hydrogen (secondary N) is 1. The predicted octanol–water partition coefficient (Wildman–Crippen LogP) is 1.31. The Bertz CT molecular complexity index is 712. The summed E-state index contributed by atoms with van der Waals surface area (Å²) in [5.41, 5.74) is 0.283. The van der Waals surface area contributed by atoms with E-state index in [1.165, 1.54) is 29.2 Å². The minimum Gasteiger partial charge on any atom is -0.480 e. The Kier molecular flexibility index (Phi) is 5.61. The molecule has 0 saturated carbocycles. The molecule has 7 nitrogen and oxygen atoms in total. The molecular weight excluding hydrogens is 332 g/mol. The number of carboxylic acid groups (broad SMARTS) is 1. The van der Waals surface area contributed by atoms with E-state index in [0.29, 0.717) is 25.9 Å². The second-order valence-corrected chi connectivity index (χ2v) is 8.03. The fraction of sp³-hybridized carbons (Fsp3) is 0.500. The lowest BCUT2D eigenvalue weighted by Gasteiger charge is -2.21. The van der Waals surface area contributed by atoms with Gasteiger partial charge < -0.3 is 10.0 Å². The average Bonchev–Trinajstić information content (AvgIpc) is 3.02. The van der Waals surface area contributed by atoms with Gasteiger partial charge in [0.25, 0.3) is 5.91 Å². The van der Waals surface area contributed by atoms with Gasteiger partial charge in [0.05, 0.1) is 4.90 Å². The van der Waals surface area contributed by atoms with Crippen LogP contribution in [0.4, 0.5) is 0 Å². The summed E-state index contributed by atoms with van der Waals surface area (Å²) in [6.07, 6.45) is 1.08. The number of hydrogen-bond donors (Lipinski definition) is 2. The van der Waals surface area contributed by atoms with Gasteiger partial charge in [-0.05, 0) is 43.0 Å². The first-order chi connectivity index (χ1) is 11.2. The molecule has 1 heterocycles. The highest BCUT2D eigenvalue weighted by molar-refractivity contribution is 7.89. The van der Waals surface area contributed by atoms with Crippen molar-refractivity contribution in [1.29, 1.82) is 0 Å². The molecule has 1 aliphatic heterocycles. The molecule has 0 aliphatic carbocycles. The molecule has 2 N–H and O–H groups in total. The fourth-order valence-electron chi connectivity index (χ4n) is 2.57. The van der Waals surface area contributed by atoms with Crippen LogP contribution in [-0.4, -0.2) is 49.4 Å². The van der Waals surface area contributed by atoms with Crippen molar-refractivity contribution in [3.63, 3.8) is 0 Å². The van der Waals surface area contributed by atoms with E-state index >= 15 is 0 Å². The predicted molar refractivity (Wildman–Crippen MR) is 88.2 cm³/mol. The maximum Gasteiger partial charge on any atom is 0.326 e. The van der Waals surface area contributed by atoms with Gasteiger partial charge in [0, 0.05) is 18.7 Å². The highest BCUT2D eigenvalue weighted by Gasteiger charge is 2.34. The Balaban J connectivity index is 2.14. The first-order valence-electron chi connectivity index (χ1n) is 7.86. The lowest BCUT2D eigenvalue weighted by atomic mass is 10.1. The van der Waals surface area contributed by atoms with Gasteiger partial charge in [-0.15, -0.1) is 0 Å². The van der Waals surface area contributed by atoms with Crippen LogP contribution in [0.5, 0.6) is 0 Å². The summed E-state index contributed by atoms with van der Waals surface area (Å²) in [5.74, 6) is -1.22. The van der Waals surface area contributed by atoms with E-state index in [1.807, 2.05) is 13.8 Å². The van der Waals surface area contributed by atoms with Crippen LogP contribution in [0.2, 0.25) is 0 Å². The zero-order valence-corrected chi connectivity index (χ0v) is 14.5. The Hall–Kier alpha value is -1.93. The minimum atomic E-state index is -3.61. The lowest BCUT2D eigenvalue weighted by molar-refractivity contribution is -0.141. The maximum absolute atomic E-state index is 12.4. The molecule has 0 radical (unpaired) electrons. The molecule has 1 aromatic carbocycles. The molecule has 24 heavy (non-hydrogen) atoms. The van der Waals surface area contributed by atoms with E-state index in [4.69, 9.17) is 5.11 Å². The molecule has 0 aromatic heterocycles. The molecule has 2 rings (SSSR count). The Labute approximate surface area is 141 Å². The number of sulfonamides is 1. The third-order valence-electron chi connectivity index (χ3n) is 3.89. The van der Waals surface area contributed by atoms with Gasteiger partial charge in [0.1, 0.15) is 6.04 Å². The van der Waals surface area contributed by atoms with Crippen LogP contribution in [0.3, 0.4) is 0 Å². The van der Waals surface area contributed by atoms with Crippen LogP contribution in [0.1, 0.15) is 37.0 Å². The summed E-state index contributed by atoms with van der Waals surface area (Å²) in [6.45, 7) is 4.53. The fourth-order valence-corrected chi connectivity index (χ4v) is 3.78. The zero-order valence-electron chi connectivity index (χ0n) is 13.7. The van der Waals surface area contributed by atoms with Crippen molar-refractivity contribution >= 4 is 21.9 Å². The third-order valence-corrected chi connectivity index (χ3v) is 5.33. The van der Waals surface area contributed by atoms with Crippen LogP contribution in [0, 0.1) is 5.92 Å². The van der Waals surface area contributed by atoms with Crippen LogP contribution < -0.4 is 4.72 Å². The first kappa shape index (κ1) is 18.4. The highest BCUT2D eigenvalue weighted by Crippen LogP contribution is 2.21. The molecule has 8 heteroatoms. The lowest BCUT2D eigenvalue weighted by Crippen LogP contribution is -2.40. The largest absolute Gasteiger partial charge is 0.480 e. The molecular formula is C16H22N2O5S. The van der Waals surface area contributed by atoms with E-state index in [9.17, 15) is 18.0 Å². The summed E-state index contributed by atoms with van der Waals surface area (Å²) in [7, 11) is -3.61. The zero-order chi connectivity index (χ0) is 17.9. The SMILES string of the molecule is CC(C)CNS(=O)(=O)c1ccc(C(=O)N2CCC[C@@H]2C(=O)O)cc1. The van der Waals surface area contributed by atoms with E-state index in [1.54, 1.807) is 0 Å². The normalized spacial score (nSPS) is 18.1. The number of rotatable bonds is 6. The number of nitrogens with zero attached hydrogens (tertiary/aromatic N) is 1. The number of amides is 1. The van der Waals surface area contributed by atoms with Crippen LogP contribution >= 0.6 is 0 Å².